The molecular weight excluding hydrogens is 216 g/mol. The molecule has 0 amide bonds. The van der Waals surface area contributed by atoms with Crippen LogP contribution in [0.1, 0.15) is 48.2 Å². The summed E-state index contributed by atoms with van der Waals surface area (Å²) in [5.41, 5.74) is 7.68. The quantitative estimate of drug-likeness (QED) is 0.878. The lowest BCUT2D eigenvalue weighted by Crippen LogP contribution is -2.39. The van der Waals surface area contributed by atoms with Crippen LogP contribution in [0.3, 0.4) is 0 Å². The van der Waals surface area contributed by atoms with Crippen molar-refractivity contribution in [3.63, 3.8) is 0 Å². The van der Waals surface area contributed by atoms with E-state index in [1.807, 2.05) is 11.3 Å². The highest BCUT2D eigenvalue weighted by molar-refractivity contribution is 7.11. The highest BCUT2D eigenvalue weighted by Crippen LogP contribution is 2.37. The molecule has 0 radical (unpaired) electrons. The van der Waals surface area contributed by atoms with Crippen LogP contribution < -0.4 is 5.73 Å². The predicted octanol–water partition coefficient (Wildman–Crippen LogP) is 3.21. The lowest BCUT2D eigenvalue weighted by Gasteiger charge is -2.22. The Bertz CT molecular complexity index is 353. The van der Waals surface area contributed by atoms with Crippen LogP contribution in [0.5, 0.6) is 0 Å². The second kappa shape index (κ2) is 4.46. The summed E-state index contributed by atoms with van der Waals surface area (Å²) in [6.07, 6.45) is 5.90. The lowest BCUT2D eigenvalue weighted by molar-refractivity contribution is 0.406. The normalized spacial score (nSPS) is 29.9. The predicted molar refractivity (Wildman–Crippen MR) is 69.8 cm³/mol. The molecule has 1 saturated carbocycles. The van der Waals surface area contributed by atoms with Crippen molar-refractivity contribution in [2.45, 2.75) is 58.4 Å². The number of hydrogen-bond acceptors (Lipinski definition) is 3. The van der Waals surface area contributed by atoms with Gasteiger partial charge in [-0.1, -0.05) is 13.3 Å². The summed E-state index contributed by atoms with van der Waals surface area (Å²) in [6, 6.07) is 0. The summed E-state index contributed by atoms with van der Waals surface area (Å²) in [7, 11) is 0. The third kappa shape index (κ3) is 2.46. The van der Waals surface area contributed by atoms with Gasteiger partial charge in [-0.25, -0.2) is 4.98 Å². The number of nitrogens with zero attached hydrogens (tertiary/aromatic N) is 1. The number of nitrogens with two attached hydrogens (primary N) is 1. The topological polar surface area (TPSA) is 38.9 Å². The molecule has 0 aliphatic heterocycles. The molecule has 90 valence electrons. The average molecular weight is 238 g/mol. The van der Waals surface area contributed by atoms with Crippen LogP contribution in [-0.2, 0) is 6.42 Å². The van der Waals surface area contributed by atoms with Crippen LogP contribution >= 0.6 is 11.3 Å². The van der Waals surface area contributed by atoms with Gasteiger partial charge in [-0.3, -0.25) is 0 Å². The number of rotatable bonds is 3. The van der Waals surface area contributed by atoms with Crippen LogP contribution in [0, 0.1) is 19.8 Å². The number of aryl methyl sites for hydroxylation is 2. The summed E-state index contributed by atoms with van der Waals surface area (Å²) in [5, 5.41) is 1.23. The van der Waals surface area contributed by atoms with Gasteiger partial charge in [-0.2, -0.15) is 0 Å². The second-order valence-corrected chi connectivity index (χ2v) is 6.59. The van der Waals surface area contributed by atoms with Crippen molar-refractivity contribution in [1.29, 1.82) is 0 Å². The van der Waals surface area contributed by atoms with Crippen molar-refractivity contribution < 1.29 is 0 Å². The van der Waals surface area contributed by atoms with E-state index in [-0.39, 0.29) is 5.54 Å². The molecule has 1 heterocycles. The first-order chi connectivity index (χ1) is 7.52. The third-order valence-electron chi connectivity index (χ3n) is 3.90. The van der Waals surface area contributed by atoms with Gasteiger partial charge in [0.2, 0.25) is 0 Å². The second-order valence-electron chi connectivity index (χ2n) is 5.31. The SMILES string of the molecule is CCC1CCC(N)(Cc2nc(C)c(C)s2)C1. The Labute approximate surface area is 102 Å². The highest BCUT2D eigenvalue weighted by Gasteiger charge is 2.35. The van der Waals surface area contributed by atoms with Gasteiger partial charge < -0.3 is 5.73 Å². The molecule has 1 aliphatic rings. The Hall–Kier alpha value is -0.410. The number of hydrogen-bond donors (Lipinski definition) is 1. The Balaban J connectivity index is 2.04. The van der Waals surface area contributed by atoms with Crippen molar-refractivity contribution in [1.82, 2.24) is 4.98 Å². The molecule has 1 fully saturated rings. The molecule has 2 nitrogen and oxygen atoms in total. The van der Waals surface area contributed by atoms with Gasteiger partial charge in [0.05, 0.1) is 10.7 Å². The zero-order valence-corrected chi connectivity index (χ0v) is 11.4. The zero-order valence-electron chi connectivity index (χ0n) is 10.5. The fourth-order valence-electron chi connectivity index (χ4n) is 2.70. The minimum atomic E-state index is 0.0252. The summed E-state index contributed by atoms with van der Waals surface area (Å²) >= 11 is 1.82. The standard InChI is InChI=1S/C13H22N2S/c1-4-11-5-6-13(14,7-11)8-12-15-9(2)10(3)16-12/h11H,4-8,14H2,1-3H3. The monoisotopic (exact) mass is 238 g/mol. The first-order valence-corrected chi connectivity index (χ1v) is 7.06. The molecular formula is C13H22N2S. The average Bonchev–Trinajstić information content (AvgIpc) is 2.72. The maximum absolute atomic E-state index is 6.48. The third-order valence-corrected chi connectivity index (χ3v) is 4.97. The molecule has 2 rings (SSSR count). The van der Waals surface area contributed by atoms with Crippen molar-refractivity contribution in [2.24, 2.45) is 11.7 Å². The Morgan fingerprint density at radius 2 is 2.25 bits per heavy atom. The maximum Gasteiger partial charge on any atom is 0.0949 e. The van der Waals surface area contributed by atoms with Crippen LogP contribution in [0.15, 0.2) is 0 Å². The van der Waals surface area contributed by atoms with E-state index in [2.05, 4.69) is 25.8 Å². The fraction of sp³-hybridized carbons (Fsp3) is 0.769. The van der Waals surface area contributed by atoms with Crippen molar-refractivity contribution in [3.05, 3.63) is 15.6 Å². The lowest BCUT2D eigenvalue weighted by atomic mass is 9.93. The summed E-state index contributed by atoms with van der Waals surface area (Å²) < 4.78 is 0. The molecule has 1 aromatic heterocycles. The van der Waals surface area contributed by atoms with Gasteiger partial charge in [-0.05, 0) is 39.0 Å². The molecule has 0 spiro atoms. The van der Waals surface area contributed by atoms with Gasteiger partial charge in [-0.15, -0.1) is 11.3 Å². The van der Waals surface area contributed by atoms with E-state index >= 15 is 0 Å². The first-order valence-electron chi connectivity index (χ1n) is 6.24. The molecule has 1 aliphatic carbocycles. The van der Waals surface area contributed by atoms with E-state index in [1.54, 1.807) is 0 Å². The molecule has 3 heteroatoms. The molecule has 0 saturated heterocycles. The molecule has 2 unspecified atom stereocenters. The Morgan fingerprint density at radius 1 is 1.50 bits per heavy atom. The van der Waals surface area contributed by atoms with E-state index in [4.69, 9.17) is 5.73 Å². The van der Waals surface area contributed by atoms with E-state index in [0.717, 1.165) is 12.3 Å². The van der Waals surface area contributed by atoms with E-state index in [0.29, 0.717) is 0 Å². The Kier molecular flexibility index (Phi) is 3.36. The van der Waals surface area contributed by atoms with E-state index in [9.17, 15) is 0 Å². The molecule has 1 aromatic rings. The van der Waals surface area contributed by atoms with Crippen molar-refractivity contribution in [2.75, 3.05) is 0 Å². The highest BCUT2D eigenvalue weighted by atomic mass is 32.1. The van der Waals surface area contributed by atoms with Gasteiger partial charge in [0.1, 0.15) is 0 Å². The summed E-state index contributed by atoms with van der Waals surface area (Å²) in [4.78, 5) is 5.94. The van der Waals surface area contributed by atoms with E-state index in [1.165, 1.54) is 41.3 Å². The smallest absolute Gasteiger partial charge is 0.0949 e. The van der Waals surface area contributed by atoms with Crippen LogP contribution in [-0.4, -0.2) is 10.5 Å². The number of thiazole rings is 1. The zero-order chi connectivity index (χ0) is 11.8. The summed E-state index contributed by atoms with van der Waals surface area (Å²) in [5.74, 6) is 0.840. The molecule has 2 atom stereocenters. The van der Waals surface area contributed by atoms with Gasteiger partial charge in [0.25, 0.3) is 0 Å². The Morgan fingerprint density at radius 3 is 2.75 bits per heavy atom. The minimum Gasteiger partial charge on any atom is -0.325 e. The van der Waals surface area contributed by atoms with Crippen molar-refractivity contribution >= 4 is 11.3 Å². The van der Waals surface area contributed by atoms with Crippen LogP contribution in [0.25, 0.3) is 0 Å². The molecule has 16 heavy (non-hydrogen) atoms. The number of aromatic nitrogens is 1. The maximum atomic E-state index is 6.48. The molecule has 0 aromatic carbocycles. The van der Waals surface area contributed by atoms with Gasteiger partial charge in [0.15, 0.2) is 0 Å². The van der Waals surface area contributed by atoms with Crippen molar-refractivity contribution in [3.8, 4) is 0 Å². The first kappa shape index (κ1) is 12.1. The fourth-order valence-corrected chi connectivity index (χ4v) is 3.78. The largest absolute Gasteiger partial charge is 0.325 e. The van der Waals surface area contributed by atoms with Crippen LogP contribution in [0.2, 0.25) is 0 Å². The van der Waals surface area contributed by atoms with Gasteiger partial charge >= 0.3 is 0 Å². The van der Waals surface area contributed by atoms with E-state index < -0.39 is 0 Å². The minimum absolute atomic E-state index is 0.0252. The molecule has 2 N–H and O–H groups in total. The molecule has 0 bridgehead atoms. The summed E-state index contributed by atoms with van der Waals surface area (Å²) in [6.45, 7) is 6.50. The van der Waals surface area contributed by atoms with Gasteiger partial charge in [0, 0.05) is 16.8 Å². The van der Waals surface area contributed by atoms with Crippen LogP contribution in [0.4, 0.5) is 0 Å².